The van der Waals surface area contributed by atoms with Gasteiger partial charge in [-0.2, -0.15) is 0 Å². The highest BCUT2D eigenvalue weighted by Gasteiger charge is 2.29. The van der Waals surface area contributed by atoms with Crippen molar-refractivity contribution in [1.29, 1.82) is 0 Å². The van der Waals surface area contributed by atoms with E-state index in [0.717, 1.165) is 0 Å². The average molecular weight is 307 g/mol. The van der Waals surface area contributed by atoms with Crippen LogP contribution in [0.25, 0.3) is 0 Å². The summed E-state index contributed by atoms with van der Waals surface area (Å²) in [4.78, 5) is 4.13. The van der Waals surface area contributed by atoms with E-state index in [9.17, 15) is 8.42 Å². The Labute approximate surface area is 105 Å². The maximum absolute atomic E-state index is 11.9. The summed E-state index contributed by atoms with van der Waals surface area (Å²) >= 11 is 3.23. The maximum atomic E-state index is 11.9. The average Bonchev–Trinajstić information content (AvgIpc) is 2.08. The van der Waals surface area contributed by atoms with Crippen LogP contribution < -0.4 is 4.72 Å². The lowest BCUT2D eigenvalue weighted by atomic mass is 10.3. The van der Waals surface area contributed by atoms with Crippen LogP contribution in [0.4, 0.5) is 5.69 Å². The fourth-order valence-corrected chi connectivity index (χ4v) is 2.15. The van der Waals surface area contributed by atoms with E-state index < -0.39 is 14.8 Å². The second-order valence-corrected chi connectivity index (χ2v) is 7.73. The standard InChI is InChI=1S/C10H15BrN2O2S/c1-7-8(5-6-9(11)12-7)13-16(14,15)10(2,3)4/h5-6,13H,1-4H3. The van der Waals surface area contributed by atoms with Crippen LogP contribution in [-0.2, 0) is 10.0 Å². The summed E-state index contributed by atoms with van der Waals surface area (Å²) in [7, 11) is -3.39. The highest BCUT2D eigenvalue weighted by Crippen LogP contribution is 2.22. The predicted molar refractivity (Wildman–Crippen MR) is 69.0 cm³/mol. The number of aryl methyl sites for hydroxylation is 1. The van der Waals surface area contributed by atoms with Gasteiger partial charge in [0.1, 0.15) is 4.60 Å². The summed E-state index contributed by atoms with van der Waals surface area (Å²) in [6.45, 7) is 6.70. The number of nitrogens with zero attached hydrogens (tertiary/aromatic N) is 1. The Morgan fingerprint density at radius 2 is 1.88 bits per heavy atom. The van der Waals surface area contributed by atoms with E-state index in [1.807, 2.05) is 0 Å². The lowest BCUT2D eigenvalue weighted by Gasteiger charge is -2.21. The summed E-state index contributed by atoms with van der Waals surface area (Å²) in [5, 5.41) is 0. The second kappa shape index (κ2) is 4.33. The van der Waals surface area contributed by atoms with Crippen molar-refractivity contribution < 1.29 is 8.42 Å². The van der Waals surface area contributed by atoms with Crippen molar-refractivity contribution >= 4 is 31.6 Å². The zero-order valence-corrected chi connectivity index (χ0v) is 12.1. The number of pyridine rings is 1. The van der Waals surface area contributed by atoms with E-state index in [2.05, 4.69) is 25.6 Å². The third-order valence-corrected chi connectivity index (χ3v) is 4.65. The molecule has 90 valence electrons. The smallest absolute Gasteiger partial charge is 0.237 e. The van der Waals surface area contributed by atoms with Gasteiger partial charge in [-0.1, -0.05) is 0 Å². The van der Waals surface area contributed by atoms with E-state index in [1.165, 1.54) is 0 Å². The predicted octanol–water partition coefficient (Wildman–Crippen LogP) is 2.69. The molecule has 0 aliphatic carbocycles. The normalized spacial score (nSPS) is 12.6. The molecule has 0 aromatic carbocycles. The van der Waals surface area contributed by atoms with Crippen LogP contribution in [0.1, 0.15) is 26.5 Å². The van der Waals surface area contributed by atoms with Crippen LogP contribution >= 0.6 is 15.9 Å². The monoisotopic (exact) mass is 306 g/mol. The van der Waals surface area contributed by atoms with Crippen LogP contribution in [0, 0.1) is 6.92 Å². The van der Waals surface area contributed by atoms with E-state index in [0.29, 0.717) is 16.0 Å². The summed E-state index contributed by atoms with van der Waals surface area (Å²) in [6.07, 6.45) is 0. The van der Waals surface area contributed by atoms with Crippen LogP contribution in [0.2, 0.25) is 0 Å². The van der Waals surface area contributed by atoms with Gasteiger partial charge in [-0.25, -0.2) is 13.4 Å². The molecule has 1 aromatic rings. The Bertz CT molecular complexity index is 492. The Morgan fingerprint density at radius 1 is 1.31 bits per heavy atom. The zero-order valence-electron chi connectivity index (χ0n) is 9.70. The summed E-state index contributed by atoms with van der Waals surface area (Å²) in [5.74, 6) is 0. The molecule has 0 saturated carbocycles. The van der Waals surface area contributed by atoms with Gasteiger partial charge in [0.25, 0.3) is 0 Å². The highest BCUT2D eigenvalue weighted by atomic mass is 79.9. The van der Waals surface area contributed by atoms with Crippen molar-refractivity contribution in [3.8, 4) is 0 Å². The third-order valence-electron chi connectivity index (χ3n) is 2.10. The minimum Gasteiger partial charge on any atom is -0.281 e. The molecule has 16 heavy (non-hydrogen) atoms. The van der Waals surface area contributed by atoms with E-state index >= 15 is 0 Å². The van der Waals surface area contributed by atoms with Gasteiger partial charge in [-0.3, -0.25) is 4.72 Å². The molecule has 1 aromatic heterocycles. The first-order valence-electron chi connectivity index (χ1n) is 4.79. The Balaban J connectivity index is 3.07. The molecule has 0 aliphatic rings. The van der Waals surface area contributed by atoms with Crippen LogP contribution in [-0.4, -0.2) is 18.1 Å². The lowest BCUT2D eigenvalue weighted by Crippen LogP contribution is -2.33. The number of sulfonamides is 1. The first kappa shape index (κ1) is 13.4. The fourth-order valence-electron chi connectivity index (χ4n) is 0.936. The fraction of sp³-hybridized carbons (Fsp3) is 0.500. The van der Waals surface area contributed by atoms with Crippen molar-refractivity contribution in [1.82, 2.24) is 4.98 Å². The van der Waals surface area contributed by atoms with E-state index in [4.69, 9.17) is 0 Å². The molecule has 0 atom stereocenters. The molecule has 0 amide bonds. The summed E-state index contributed by atoms with van der Waals surface area (Å²) in [6, 6.07) is 3.39. The van der Waals surface area contributed by atoms with Crippen LogP contribution in [0.3, 0.4) is 0 Å². The van der Waals surface area contributed by atoms with Crippen molar-refractivity contribution in [2.45, 2.75) is 32.4 Å². The summed E-state index contributed by atoms with van der Waals surface area (Å²) in [5.41, 5.74) is 1.15. The van der Waals surface area contributed by atoms with Gasteiger partial charge in [0.15, 0.2) is 0 Å². The molecule has 0 unspecified atom stereocenters. The quantitative estimate of drug-likeness (QED) is 0.855. The van der Waals surface area contributed by atoms with Crippen molar-refractivity contribution in [3.05, 3.63) is 22.4 Å². The highest BCUT2D eigenvalue weighted by molar-refractivity contribution is 9.10. The van der Waals surface area contributed by atoms with Gasteiger partial charge < -0.3 is 0 Å². The number of hydrogen-bond donors (Lipinski definition) is 1. The molecule has 0 aliphatic heterocycles. The molecular formula is C10H15BrN2O2S. The maximum Gasteiger partial charge on any atom is 0.237 e. The zero-order chi connectivity index (χ0) is 12.6. The van der Waals surface area contributed by atoms with Crippen molar-refractivity contribution in [2.24, 2.45) is 0 Å². The van der Waals surface area contributed by atoms with Crippen LogP contribution in [0.5, 0.6) is 0 Å². The first-order valence-corrected chi connectivity index (χ1v) is 7.06. The topological polar surface area (TPSA) is 59.1 Å². The molecule has 0 spiro atoms. The lowest BCUT2D eigenvalue weighted by molar-refractivity contribution is 0.566. The first-order chi connectivity index (χ1) is 7.13. The molecule has 0 radical (unpaired) electrons. The van der Waals surface area contributed by atoms with Gasteiger partial charge in [0.05, 0.1) is 16.1 Å². The van der Waals surface area contributed by atoms with Gasteiger partial charge >= 0.3 is 0 Å². The molecule has 0 fully saturated rings. The number of hydrogen-bond acceptors (Lipinski definition) is 3. The largest absolute Gasteiger partial charge is 0.281 e. The molecule has 0 bridgehead atoms. The minimum absolute atomic E-state index is 0.512. The number of aromatic nitrogens is 1. The van der Waals surface area contributed by atoms with Gasteiger partial charge in [0.2, 0.25) is 10.0 Å². The van der Waals surface area contributed by atoms with E-state index in [1.54, 1.807) is 39.8 Å². The van der Waals surface area contributed by atoms with Gasteiger partial charge in [0, 0.05) is 0 Å². The van der Waals surface area contributed by atoms with Gasteiger partial charge in [-0.15, -0.1) is 0 Å². The molecule has 1 rings (SSSR count). The third kappa shape index (κ3) is 2.95. The minimum atomic E-state index is -3.39. The van der Waals surface area contributed by atoms with Crippen molar-refractivity contribution in [3.63, 3.8) is 0 Å². The summed E-state index contributed by atoms with van der Waals surface area (Å²) < 4.78 is 26.2. The SMILES string of the molecule is Cc1nc(Br)ccc1NS(=O)(=O)C(C)(C)C. The number of halogens is 1. The Morgan fingerprint density at radius 3 is 2.31 bits per heavy atom. The van der Waals surface area contributed by atoms with Crippen molar-refractivity contribution in [2.75, 3.05) is 4.72 Å². The number of anilines is 1. The molecule has 0 saturated heterocycles. The van der Waals surface area contributed by atoms with E-state index in [-0.39, 0.29) is 0 Å². The Hall–Kier alpha value is -0.620. The molecule has 4 nitrogen and oxygen atoms in total. The molecule has 1 heterocycles. The number of rotatable bonds is 2. The molecule has 6 heteroatoms. The number of nitrogens with one attached hydrogen (secondary N) is 1. The van der Waals surface area contributed by atoms with Crippen LogP contribution in [0.15, 0.2) is 16.7 Å². The Kier molecular flexibility index (Phi) is 3.64. The molecule has 1 N–H and O–H groups in total. The molecular weight excluding hydrogens is 292 g/mol. The second-order valence-electron chi connectivity index (χ2n) is 4.48. The van der Waals surface area contributed by atoms with Gasteiger partial charge in [-0.05, 0) is 55.8 Å².